The summed E-state index contributed by atoms with van der Waals surface area (Å²) in [5.74, 6) is 0.686. The Balaban J connectivity index is 1.68. The molecule has 0 spiro atoms. The number of pyridine rings is 1. The Morgan fingerprint density at radius 2 is 2.00 bits per heavy atom. The van der Waals surface area contributed by atoms with Gasteiger partial charge in [-0.3, -0.25) is 4.79 Å². The van der Waals surface area contributed by atoms with Crippen molar-refractivity contribution in [3.8, 4) is 5.82 Å². The number of benzene rings is 1. The first kappa shape index (κ1) is 18.6. The highest BCUT2D eigenvalue weighted by Crippen LogP contribution is 2.32. The molecule has 1 unspecified atom stereocenters. The molecule has 0 aliphatic carbocycles. The third-order valence-corrected chi connectivity index (χ3v) is 5.73. The van der Waals surface area contributed by atoms with Gasteiger partial charge in [-0.25, -0.2) is 4.98 Å². The van der Waals surface area contributed by atoms with Gasteiger partial charge in [0.1, 0.15) is 5.69 Å². The van der Waals surface area contributed by atoms with Crippen LogP contribution in [-0.2, 0) is 6.42 Å². The number of halogens is 1. The molecule has 1 amide bonds. The quantitative estimate of drug-likeness (QED) is 0.657. The molecule has 4 rings (SSSR count). The fourth-order valence-electron chi connectivity index (χ4n) is 3.80. The molecule has 1 aliphatic heterocycles. The summed E-state index contributed by atoms with van der Waals surface area (Å²) in [6, 6.07) is 9.37. The molecule has 144 valence electrons. The fraction of sp³-hybridized carbons (Fsp3) is 0.333. The molecule has 0 radical (unpaired) electrons. The van der Waals surface area contributed by atoms with Gasteiger partial charge < -0.3 is 4.90 Å². The van der Waals surface area contributed by atoms with Crippen LogP contribution in [0.25, 0.3) is 5.82 Å². The van der Waals surface area contributed by atoms with E-state index in [2.05, 4.69) is 15.3 Å². The van der Waals surface area contributed by atoms with Crippen LogP contribution in [0.3, 0.4) is 0 Å². The number of aryl methyl sites for hydroxylation is 3. The predicted octanol–water partition coefficient (Wildman–Crippen LogP) is 4.00. The van der Waals surface area contributed by atoms with Crippen molar-refractivity contribution in [1.29, 1.82) is 0 Å². The predicted molar refractivity (Wildman–Crippen MR) is 108 cm³/mol. The summed E-state index contributed by atoms with van der Waals surface area (Å²) >= 11 is 6.38. The molecule has 1 aliphatic rings. The highest BCUT2D eigenvalue weighted by molar-refractivity contribution is 6.34. The summed E-state index contributed by atoms with van der Waals surface area (Å²) in [4.78, 5) is 19.5. The van der Waals surface area contributed by atoms with Crippen molar-refractivity contribution in [2.24, 2.45) is 0 Å². The Morgan fingerprint density at radius 3 is 2.75 bits per heavy atom. The molecular formula is C21H22ClN5O. The normalized spacial score (nSPS) is 16.2. The molecule has 6 nitrogen and oxygen atoms in total. The van der Waals surface area contributed by atoms with Gasteiger partial charge in [0.05, 0.1) is 22.3 Å². The van der Waals surface area contributed by atoms with Crippen LogP contribution in [0.4, 0.5) is 0 Å². The fourth-order valence-corrected chi connectivity index (χ4v) is 4.00. The smallest absolute Gasteiger partial charge is 0.255 e. The zero-order valence-corrected chi connectivity index (χ0v) is 17.2. The molecule has 0 saturated carbocycles. The van der Waals surface area contributed by atoms with Gasteiger partial charge in [0.15, 0.2) is 5.82 Å². The van der Waals surface area contributed by atoms with Gasteiger partial charge in [0.25, 0.3) is 5.91 Å². The standard InChI is InChI=1S/C21H22ClN5O/c1-12-10-14(3)23-18(11-12)27-17-8-9-26(15(4)20(17)24-25-27)21(28)16-7-5-6-13(2)19(16)22/h5-7,10-11,15H,8-9H2,1-4H3. The Kier molecular flexibility index (Phi) is 4.67. The van der Waals surface area contributed by atoms with Crippen LogP contribution in [0, 0.1) is 20.8 Å². The van der Waals surface area contributed by atoms with Crippen LogP contribution < -0.4 is 0 Å². The second kappa shape index (κ2) is 7.02. The van der Waals surface area contributed by atoms with Crippen LogP contribution >= 0.6 is 11.6 Å². The van der Waals surface area contributed by atoms with Gasteiger partial charge in [-0.1, -0.05) is 28.9 Å². The van der Waals surface area contributed by atoms with E-state index in [1.807, 2.05) is 56.9 Å². The first-order chi connectivity index (χ1) is 13.4. The minimum atomic E-state index is -0.188. The van der Waals surface area contributed by atoms with Gasteiger partial charge in [0, 0.05) is 18.7 Å². The largest absolute Gasteiger partial charge is 0.330 e. The summed E-state index contributed by atoms with van der Waals surface area (Å²) in [7, 11) is 0. The molecule has 0 bridgehead atoms. The molecule has 28 heavy (non-hydrogen) atoms. The second-order valence-corrected chi connectivity index (χ2v) is 7.72. The minimum absolute atomic E-state index is 0.0778. The van der Waals surface area contributed by atoms with Crippen molar-refractivity contribution >= 4 is 17.5 Å². The van der Waals surface area contributed by atoms with Gasteiger partial charge in [0.2, 0.25) is 0 Å². The molecule has 7 heteroatoms. The Bertz CT molecular complexity index is 1050. The summed E-state index contributed by atoms with van der Waals surface area (Å²) < 4.78 is 1.80. The van der Waals surface area contributed by atoms with Crippen molar-refractivity contribution in [2.75, 3.05) is 6.54 Å². The average Bonchev–Trinajstić information content (AvgIpc) is 3.08. The summed E-state index contributed by atoms with van der Waals surface area (Å²) in [5, 5.41) is 9.23. The zero-order chi connectivity index (χ0) is 20.0. The molecule has 3 heterocycles. The van der Waals surface area contributed by atoms with Crippen molar-refractivity contribution in [2.45, 2.75) is 40.2 Å². The van der Waals surface area contributed by atoms with E-state index in [1.54, 1.807) is 10.7 Å². The van der Waals surface area contributed by atoms with E-state index in [0.29, 0.717) is 23.6 Å². The van der Waals surface area contributed by atoms with E-state index >= 15 is 0 Å². The number of amides is 1. The van der Waals surface area contributed by atoms with E-state index in [1.165, 1.54) is 0 Å². The zero-order valence-electron chi connectivity index (χ0n) is 16.4. The number of nitrogens with zero attached hydrogens (tertiary/aromatic N) is 5. The number of carbonyl (C=O) groups is 1. The van der Waals surface area contributed by atoms with Crippen LogP contribution in [0.15, 0.2) is 30.3 Å². The molecule has 1 atom stereocenters. The maximum absolute atomic E-state index is 13.1. The summed E-state index contributed by atoms with van der Waals surface area (Å²) in [6.45, 7) is 8.47. The number of carbonyl (C=O) groups excluding carboxylic acids is 1. The molecule has 1 aromatic carbocycles. The number of hydrogen-bond donors (Lipinski definition) is 0. The topological polar surface area (TPSA) is 63.9 Å². The molecule has 2 aromatic heterocycles. The highest BCUT2D eigenvalue weighted by atomic mass is 35.5. The van der Waals surface area contributed by atoms with Crippen LogP contribution in [0.1, 0.15) is 51.5 Å². The SMILES string of the molecule is Cc1cc(C)nc(-n2nnc3c2CCN(C(=O)c2cccc(C)c2Cl)C3C)c1. The number of aromatic nitrogens is 4. The van der Waals surface area contributed by atoms with E-state index in [-0.39, 0.29) is 11.9 Å². The minimum Gasteiger partial charge on any atom is -0.330 e. The van der Waals surface area contributed by atoms with Crippen LogP contribution in [0.2, 0.25) is 5.02 Å². The van der Waals surface area contributed by atoms with E-state index < -0.39 is 0 Å². The first-order valence-electron chi connectivity index (χ1n) is 9.33. The number of rotatable bonds is 2. The lowest BCUT2D eigenvalue weighted by atomic mass is 10.0. The second-order valence-electron chi connectivity index (χ2n) is 7.34. The molecular weight excluding hydrogens is 374 g/mol. The summed E-state index contributed by atoms with van der Waals surface area (Å²) in [5.41, 5.74) is 5.30. The van der Waals surface area contributed by atoms with Crippen LogP contribution in [-0.4, -0.2) is 37.3 Å². The first-order valence-corrected chi connectivity index (χ1v) is 9.71. The number of hydrogen-bond acceptors (Lipinski definition) is 4. The van der Waals surface area contributed by atoms with E-state index in [0.717, 1.165) is 34.0 Å². The average molecular weight is 396 g/mol. The maximum Gasteiger partial charge on any atom is 0.255 e. The van der Waals surface area contributed by atoms with E-state index in [9.17, 15) is 4.79 Å². The molecule has 0 N–H and O–H groups in total. The third-order valence-electron chi connectivity index (χ3n) is 5.23. The lowest BCUT2D eigenvalue weighted by molar-refractivity contribution is 0.0672. The molecule has 0 saturated heterocycles. The van der Waals surface area contributed by atoms with Crippen molar-refractivity contribution in [3.63, 3.8) is 0 Å². The number of fused-ring (bicyclic) bond motifs is 1. The Hall–Kier alpha value is -2.73. The van der Waals surface area contributed by atoms with Gasteiger partial charge in [-0.15, -0.1) is 5.10 Å². The van der Waals surface area contributed by atoms with Crippen molar-refractivity contribution < 1.29 is 4.79 Å². The monoisotopic (exact) mass is 395 g/mol. The Morgan fingerprint density at radius 1 is 1.21 bits per heavy atom. The highest BCUT2D eigenvalue weighted by Gasteiger charge is 2.33. The maximum atomic E-state index is 13.1. The Labute approximate surface area is 169 Å². The third kappa shape index (κ3) is 3.07. The van der Waals surface area contributed by atoms with Crippen molar-refractivity contribution in [1.82, 2.24) is 24.9 Å². The lowest BCUT2D eigenvalue weighted by Gasteiger charge is -2.33. The summed E-state index contributed by atoms with van der Waals surface area (Å²) in [6.07, 6.45) is 0.663. The van der Waals surface area contributed by atoms with Crippen LogP contribution in [0.5, 0.6) is 0 Å². The van der Waals surface area contributed by atoms with Gasteiger partial charge >= 0.3 is 0 Å². The van der Waals surface area contributed by atoms with Gasteiger partial charge in [-0.05, 0) is 57.0 Å². The molecule has 3 aromatic rings. The van der Waals surface area contributed by atoms with E-state index in [4.69, 9.17) is 11.6 Å². The van der Waals surface area contributed by atoms with Gasteiger partial charge in [-0.2, -0.15) is 4.68 Å². The lowest BCUT2D eigenvalue weighted by Crippen LogP contribution is -2.39. The molecule has 0 fully saturated rings. The van der Waals surface area contributed by atoms with Crippen molar-refractivity contribution in [3.05, 3.63) is 69.1 Å².